The zero-order valence-corrected chi connectivity index (χ0v) is 10.8. The topological polar surface area (TPSA) is 44.9 Å². The summed E-state index contributed by atoms with van der Waals surface area (Å²) in [5, 5.41) is 2.73. The normalized spacial score (nSPS) is 10.4. The van der Waals surface area contributed by atoms with E-state index in [0.717, 1.165) is 29.5 Å². The Labute approximate surface area is 113 Å². The van der Waals surface area contributed by atoms with Gasteiger partial charge in [-0.15, -0.1) is 11.8 Å². The van der Waals surface area contributed by atoms with Crippen molar-refractivity contribution in [2.24, 2.45) is 0 Å². The fraction of sp³-hybridized carbons (Fsp3) is 0.154. The molecule has 0 saturated carbocycles. The first-order chi connectivity index (χ1) is 9.15. The molecule has 0 bridgehead atoms. The fourth-order valence-electron chi connectivity index (χ4n) is 1.44. The lowest BCUT2D eigenvalue weighted by Gasteiger charge is -2.04. The van der Waals surface area contributed by atoms with Crippen LogP contribution in [-0.4, -0.2) is 16.6 Å². The quantitative estimate of drug-likeness (QED) is 0.828. The molecular formula is C13H12F2N2OS. The van der Waals surface area contributed by atoms with Gasteiger partial charge in [0.15, 0.2) is 11.6 Å². The summed E-state index contributed by atoms with van der Waals surface area (Å²) in [4.78, 5) is 15.0. The molecule has 0 saturated heterocycles. The molecule has 0 aliphatic heterocycles. The SMILES string of the molecule is O=C(CSc1ccc(F)c(F)c1)NCc1cc[nH]c1. The number of benzene rings is 1. The first-order valence-electron chi connectivity index (χ1n) is 5.61. The summed E-state index contributed by atoms with van der Waals surface area (Å²) >= 11 is 1.16. The molecule has 3 nitrogen and oxygen atoms in total. The summed E-state index contributed by atoms with van der Waals surface area (Å²) in [6.45, 7) is 0.445. The predicted octanol–water partition coefficient (Wildman–Crippen LogP) is 2.70. The van der Waals surface area contributed by atoms with Gasteiger partial charge >= 0.3 is 0 Å². The van der Waals surface area contributed by atoms with Gasteiger partial charge < -0.3 is 10.3 Å². The lowest BCUT2D eigenvalue weighted by molar-refractivity contribution is -0.118. The third-order valence-electron chi connectivity index (χ3n) is 2.41. The van der Waals surface area contributed by atoms with Gasteiger partial charge in [-0.2, -0.15) is 0 Å². The van der Waals surface area contributed by atoms with Gasteiger partial charge in [0.05, 0.1) is 5.75 Å². The van der Waals surface area contributed by atoms with Gasteiger partial charge in [0.1, 0.15) is 0 Å². The lowest BCUT2D eigenvalue weighted by atomic mass is 10.3. The summed E-state index contributed by atoms with van der Waals surface area (Å²) in [6, 6.07) is 5.44. The van der Waals surface area contributed by atoms with Gasteiger partial charge in [0.2, 0.25) is 5.91 Å². The van der Waals surface area contributed by atoms with Crippen LogP contribution in [0.5, 0.6) is 0 Å². The van der Waals surface area contributed by atoms with Gasteiger partial charge in [-0.05, 0) is 29.8 Å². The molecule has 0 unspecified atom stereocenters. The first-order valence-corrected chi connectivity index (χ1v) is 6.60. The van der Waals surface area contributed by atoms with E-state index in [-0.39, 0.29) is 11.7 Å². The number of hydrogen-bond donors (Lipinski definition) is 2. The highest BCUT2D eigenvalue weighted by Crippen LogP contribution is 2.20. The molecule has 0 radical (unpaired) electrons. The summed E-state index contributed by atoms with van der Waals surface area (Å²) < 4.78 is 25.7. The average Bonchev–Trinajstić information content (AvgIpc) is 2.91. The van der Waals surface area contributed by atoms with Crippen molar-refractivity contribution in [2.75, 3.05) is 5.75 Å². The van der Waals surface area contributed by atoms with Crippen LogP contribution in [0.4, 0.5) is 8.78 Å². The van der Waals surface area contributed by atoms with Crippen molar-refractivity contribution in [2.45, 2.75) is 11.4 Å². The number of halogens is 2. The minimum Gasteiger partial charge on any atom is -0.367 e. The number of carbonyl (C=O) groups is 1. The number of amides is 1. The molecule has 1 amide bonds. The maximum atomic E-state index is 12.9. The average molecular weight is 282 g/mol. The summed E-state index contributed by atoms with van der Waals surface area (Å²) in [7, 11) is 0. The van der Waals surface area contributed by atoms with E-state index in [1.807, 2.05) is 6.07 Å². The molecule has 2 aromatic rings. The Hall–Kier alpha value is -1.82. The number of aromatic nitrogens is 1. The number of carbonyl (C=O) groups excluding carboxylic acids is 1. The molecule has 0 aliphatic rings. The van der Waals surface area contributed by atoms with Gasteiger partial charge in [0, 0.05) is 23.8 Å². The highest BCUT2D eigenvalue weighted by molar-refractivity contribution is 8.00. The second-order valence-corrected chi connectivity index (χ2v) is 4.91. The Kier molecular flexibility index (Phi) is 4.57. The molecule has 19 heavy (non-hydrogen) atoms. The molecule has 0 atom stereocenters. The van der Waals surface area contributed by atoms with Crippen LogP contribution in [0.25, 0.3) is 0 Å². The Bertz CT molecular complexity index is 558. The van der Waals surface area contributed by atoms with Crippen molar-refractivity contribution in [1.82, 2.24) is 10.3 Å². The van der Waals surface area contributed by atoms with Crippen molar-refractivity contribution in [3.05, 3.63) is 53.9 Å². The smallest absolute Gasteiger partial charge is 0.230 e. The summed E-state index contributed by atoms with van der Waals surface area (Å²) in [5.41, 5.74) is 0.978. The van der Waals surface area contributed by atoms with Gasteiger partial charge in [0.25, 0.3) is 0 Å². The standard InChI is InChI=1S/C13H12F2N2OS/c14-11-2-1-10(5-12(11)15)19-8-13(18)17-7-9-3-4-16-6-9/h1-6,16H,7-8H2,(H,17,18). The van der Waals surface area contributed by atoms with Crippen LogP contribution in [0.3, 0.4) is 0 Å². The molecule has 2 rings (SSSR count). The molecule has 1 aromatic heterocycles. The minimum atomic E-state index is -0.905. The zero-order chi connectivity index (χ0) is 13.7. The summed E-state index contributed by atoms with van der Waals surface area (Å²) in [5.74, 6) is -1.79. The number of H-pyrrole nitrogens is 1. The summed E-state index contributed by atoms with van der Waals surface area (Å²) in [6.07, 6.45) is 3.57. The maximum absolute atomic E-state index is 12.9. The lowest BCUT2D eigenvalue weighted by Crippen LogP contribution is -2.24. The monoisotopic (exact) mass is 282 g/mol. The van der Waals surface area contributed by atoms with Gasteiger partial charge in [-0.1, -0.05) is 0 Å². The van der Waals surface area contributed by atoms with Crippen molar-refractivity contribution < 1.29 is 13.6 Å². The molecule has 1 heterocycles. The van der Waals surface area contributed by atoms with E-state index in [1.165, 1.54) is 6.07 Å². The van der Waals surface area contributed by atoms with E-state index < -0.39 is 11.6 Å². The third kappa shape index (κ3) is 4.10. The number of thioether (sulfide) groups is 1. The van der Waals surface area contributed by atoms with Crippen LogP contribution in [-0.2, 0) is 11.3 Å². The van der Waals surface area contributed by atoms with E-state index in [0.29, 0.717) is 11.4 Å². The molecule has 2 N–H and O–H groups in total. The molecule has 6 heteroatoms. The number of hydrogen-bond acceptors (Lipinski definition) is 2. The van der Waals surface area contributed by atoms with Crippen LogP contribution in [0.15, 0.2) is 41.6 Å². The maximum Gasteiger partial charge on any atom is 0.230 e. The van der Waals surface area contributed by atoms with Crippen LogP contribution in [0.2, 0.25) is 0 Å². The van der Waals surface area contributed by atoms with Gasteiger partial charge in [-0.25, -0.2) is 8.78 Å². The molecule has 0 aliphatic carbocycles. The van der Waals surface area contributed by atoms with E-state index in [9.17, 15) is 13.6 Å². The Morgan fingerprint density at radius 3 is 2.79 bits per heavy atom. The minimum absolute atomic E-state index is 0.157. The fourth-order valence-corrected chi connectivity index (χ4v) is 2.19. The zero-order valence-electron chi connectivity index (χ0n) is 9.95. The predicted molar refractivity (Wildman–Crippen MR) is 69.7 cm³/mol. The van der Waals surface area contributed by atoms with Crippen LogP contribution in [0.1, 0.15) is 5.56 Å². The van der Waals surface area contributed by atoms with E-state index >= 15 is 0 Å². The highest BCUT2D eigenvalue weighted by Gasteiger charge is 2.06. The van der Waals surface area contributed by atoms with Crippen LogP contribution >= 0.6 is 11.8 Å². The number of nitrogens with one attached hydrogen (secondary N) is 2. The Morgan fingerprint density at radius 1 is 1.26 bits per heavy atom. The second kappa shape index (κ2) is 6.38. The largest absolute Gasteiger partial charge is 0.367 e. The van der Waals surface area contributed by atoms with Crippen LogP contribution in [0, 0.1) is 11.6 Å². The van der Waals surface area contributed by atoms with Crippen molar-refractivity contribution in [1.29, 1.82) is 0 Å². The molecule has 1 aromatic carbocycles. The molecular weight excluding hydrogens is 270 g/mol. The van der Waals surface area contributed by atoms with E-state index in [4.69, 9.17) is 0 Å². The highest BCUT2D eigenvalue weighted by atomic mass is 32.2. The molecule has 100 valence electrons. The second-order valence-electron chi connectivity index (χ2n) is 3.86. The Morgan fingerprint density at radius 2 is 2.11 bits per heavy atom. The first kappa shape index (κ1) is 13.6. The Balaban J connectivity index is 1.78. The third-order valence-corrected chi connectivity index (χ3v) is 3.41. The number of aromatic amines is 1. The van der Waals surface area contributed by atoms with Crippen LogP contribution < -0.4 is 5.32 Å². The molecule has 0 spiro atoms. The van der Waals surface area contributed by atoms with Crippen molar-refractivity contribution >= 4 is 17.7 Å². The van der Waals surface area contributed by atoms with Gasteiger partial charge in [-0.3, -0.25) is 4.79 Å². The van der Waals surface area contributed by atoms with E-state index in [2.05, 4.69) is 10.3 Å². The number of rotatable bonds is 5. The molecule has 0 fully saturated rings. The van der Waals surface area contributed by atoms with Crippen molar-refractivity contribution in [3.63, 3.8) is 0 Å². The van der Waals surface area contributed by atoms with E-state index in [1.54, 1.807) is 12.4 Å². The van der Waals surface area contributed by atoms with Crippen molar-refractivity contribution in [3.8, 4) is 0 Å².